The normalized spacial score (nSPS) is 19.9. The first-order valence-electron chi connectivity index (χ1n) is 11.7. The number of nitrogens with zero attached hydrogens (tertiary/aromatic N) is 3. The van der Waals surface area contributed by atoms with E-state index in [1.165, 1.54) is 0 Å². The zero-order valence-electron chi connectivity index (χ0n) is 19.6. The third-order valence-electron chi connectivity index (χ3n) is 7.57. The molecule has 0 saturated carbocycles. The summed E-state index contributed by atoms with van der Waals surface area (Å²) >= 11 is 0. The molecule has 3 aromatic rings. The van der Waals surface area contributed by atoms with Gasteiger partial charge in [0.15, 0.2) is 0 Å². The van der Waals surface area contributed by atoms with Crippen molar-refractivity contribution >= 4 is 34.7 Å². The summed E-state index contributed by atoms with van der Waals surface area (Å²) < 4.78 is 6.22. The summed E-state index contributed by atoms with van der Waals surface area (Å²) in [5.41, 5.74) is 11.7. The van der Waals surface area contributed by atoms with E-state index in [4.69, 9.17) is 15.5 Å². The first-order valence-corrected chi connectivity index (χ1v) is 11.7. The minimum Gasteiger partial charge on any atom is -0.399 e. The lowest BCUT2D eigenvalue weighted by Crippen LogP contribution is -2.54. The molecule has 2 fully saturated rings. The van der Waals surface area contributed by atoms with Crippen LogP contribution in [0.4, 0.5) is 11.5 Å². The summed E-state index contributed by atoms with van der Waals surface area (Å²) in [6.45, 7) is 8.62. The van der Waals surface area contributed by atoms with Crippen LogP contribution in [-0.2, 0) is 17.8 Å². The maximum atomic E-state index is 10.5. The van der Waals surface area contributed by atoms with E-state index >= 15 is 0 Å². The van der Waals surface area contributed by atoms with Gasteiger partial charge in [-0.3, -0.25) is 0 Å². The maximum Gasteiger partial charge on any atom is 0.147 e. The minimum absolute atomic E-state index is 0. The fourth-order valence-corrected chi connectivity index (χ4v) is 5.74. The van der Waals surface area contributed by atoms with Crippen LogP contribution in [0, 0.1) is 16.7 Å². The van der Waals surface area contributed by atoms with E-state index in [1.54, 1.807) is 0 Å². The Hall–Kier alpha value is -2.85. The Morgan fingerprint density at radius 3 is 2.71 bits per heavy atom. The fraction of sp³-hybridized carbons (Fsp3) is 0.407. The largest absolute Gasteiger partial charge is 0.399 e. The van der Waals surface area contributed by atoms with Crippen LogP contribution in [0.2, 0.25) is 0 Å². The molecule has 6 nitrogen and oxygen atoms in total. The molecular formula is C27H30ClN5O. The molecule has 176 valence electrons. The van der Waals surface area contributed by atoms with E-state index < -0.39 is 0 Å². The van der Waals surface area contributed by atoms with Crippen LogP contribution in [-0.4, -0.2) is 36.8 Å². The molecule has 1 aromatic heterocycles. The SMILES string of the molecule is CC1(C)Cc2nc(N3CCC4(CNC4)C3)c(C#N)c(-c3cc(N)cc4ccccc34)c2CO1.Cl. The molecular weight excluding hydrogens is 446 g/mol. The second-order valence-corrected chi connectivity index (χ2v) is 10.5. The number of hydrogen-bond donors (Lipinski definition) is 2. The molecule has 0 atom stereocenters. The molecule has 3 N–H and O–H groups in total. The highest BCUT2D eigenvalue weighted by atomic mass is 35.5. The van der Waals surface area contributed by atoms with Gasteiger partial charge in [0.1, 0.15) is 17.5 Å². The molecule has 0 unspecified atom stereocenters. The van der Waals surface area contributed by atoms with Crippen molar-refractivity contribution in [2.45, 2.75) is 38.9 Å². The third-order valence-corrected chi connectivity index (χ3v) is 7.57. The monoisotopic (exact) mass is 475 g/mol. The molecule has 3 aliphatic rings. The first-order chi connectivity index (χ1) is 15.9. The first kappa shape index (κ1) is 22.9. The smallest absolute Gasteiger partial charge is 0.147 e. The van der Waals surface area contributed by atoms with E-state index in [0.717, 1.165) is 78.0 Å². The number of hydrogen-bond acceptors (Lipinski definition) is 6. The molecule has 1 spiro atoms. The van der Waals surface area contributed by atoms with E-state index in [-0.39, 0.29) is 18.0 Å². The second kappa shape index (κ2) is 8.13. The number of nitrogens with one attached hydrogen (secondary N) is 1. The van der Waals surface area contributed by atoms with E-state index in [2.05, 4.69) is 42.3 Å². The van der Waals surface area contributed by atoms with E-state index in [1.807, 2.05) is 24.3 Å². The van der Waals surface area contributed by atoms with Crippen molar-refractivity contribution in [3.63, 3.8) is 0 Å². The number of pyridine rings is 1. The van der Waals surface area contributed by atoms with Crippen molar-refractivity contribution in [3.05, 3.63) is 53.2 Å². The van der Waals surface area contributed by atoms with Gasteiger partial charge in [0.25, 0.3) is 0 Å². The van der Waals surface area contributed by atoms with Crippen LogP contribution in [0.15, 0.2) is 36.4 Å². The molecule has 2 aromatic carbocycles. The van der Waals surface area contributed by atoms with Gasteiger partial charge in [-0.2, -0.15) is 5.26 Å². The zero-order chi connectivity index (χ0) is 22.8. The summed E-state index contributed by atoms with van der Waals surface area (Å²) in [7, 11) is 0. The van der Waals surface area contributed by atoms with Gasteiger partial charge in [0, 0.05) is 54.8 Å². The van der Waals surface area contributed by atoms with Gasteiger partial charge in [-0.1, -0.05) is 24.3 Å². The Labute approximate surface area is 206 Å². The molecule has 6 rings (SSSR count). The zero-order valence-corrected chi connectivity index (χ0v) is 20.5. The lowest BCUT2D eigenvalue weighted by molar-refractivity contribution is -0.0410. The molecule has 0 radical (unpaired) electrons. The minimum atomic E-state index is -0.287. The highest BCUT2D eigenvalue weighted by molar-refractivity contribution is 6.01. The number of rotatable bonds is 2. The van der Waals surface area contributed by atoms with E-state index in [0.29, 0.717) is 23.3 Å². The van der Waals surface area contributed by atoms with Gasteiger partial charge < -0.3 is 20.7 Å². The van der Waals surface area contributed by atoms with Gasteiger partial charge in [-0.25, -0.2) is 4.98 Å². The Morgan fingerprint density at radius 1 is 1.21 bits per heavy atom. The van der Waals surface area contributed by atoms with Crippen LogP contribution in [0.1, 0.15) is 37.1 Å². The molecule has 34 heavy (non-hydrogen) atoms. The molecule has 0 bridgehead atoms. The number of nitrogens with two attached hydrogens (primary N) is 1. The summed E-state index contributed by atoms with van der Waals surface area (Å²) in [6, 6.07) is 14.8. The van der Waals surface area contributed by atoms with Crippen LogP contribution in [0.5, 0.6) is 0 Å². The average molecular weight is 476 g/mol. The maximum absolute atomic E-state index is 10.5. The van der Waals surface area contributed by atoms with Gasteiger partial charge in [-0.05, 0) is 48.7 Å². The van der Waals surface area contributed by atoms with Gasteiger partial charge in [-0.15, -0.1) is 12.4 Å². The second-order valence-electron chi connectivity index (χ2n) is 10.5. The van der Waals surface area contributed by atoms with Crippen LogP contribution in [0.3, 0.4) is 0 Å². The van der Waals surface area contributed by atoms with Gasteiger partial charge in [0.2, 0.25) is 0 Å². The van der Waals surface area contributed by atoms with Crippen LogP contribution >= 0.6 is 12.4 Å². The van der Waals surface area contributed by atoms with Crippen LogP contribution in [0.25, 0.3) is 21.9 Å². The number of nitrogen functional groups attached to an aromatic ring is 1. The highest BCUT2D eigenvalue weighted by Gasteiger charge is 2.44. The van der Waals surface area contributed by atoms with Crippen molar-refractivity contribution in [1.82, 2.24) is 10.3 Å². The number of ether oxygens (including phenoxy) is 1. The van der Waals surface area contributed by atoms with Gasteiger partial charge in [0.05, 0.1) is 17.9 Å². The summed E-state index contributed by atoms with van der Waals surface area (Å²) in [5.74, 6) is 0.819. The topological polar surface area (TPSA) is 87.2 Å². The van der Waals surface area contributed by atoms with Crippen LogP contribution < -0.4 is 16.0 Å². The summed E-state index contributed by atoms with van der Waals surface area (Å²) in [5, 5.41) is 16.1. The quantitative estimate of drug-likeness (QED) is 0.533. The predicted molar refractivity (Wildman–Crippen MR) is 138 cm³/mol. The Morgan fingerprint density at radius 2 is 2.00 bits per heavy atom. The molecule has 7 heteroatoms. The Balaban J connectivity index is 0.00000241. The standard InChI is InChI=1S/C27H29N5O.ClH/c1-26(2)11-23-22(13-33-26)24(20-10-18(29)9-17-5-3-4-6-19(17)20)21(12-28)25(31-23)32-8-7-27(16-32)14-30-15-27;/h3-6,9-10,30H,7-8,11,13-16,29H2,1-2H3;1H. The number of fused-ring (bicyclic) bond motifs is 2. The predicted octanol–water partition coefficient (Wildman–Crippen LogP) is 4.43. The summed E-state index contributed by atoms with van der Waals surface area (Å²) in [4.78, 5) is 7.48. The molecule has 3 aliphatic heterocycles. The average Bonchev–Trinajstić information content (AvgIpc) is 3.23. The number of aromatic nitrogens is 1. The Kier molecular flexibility index (Phi) is 5.48. The molecule has 4 heterocycles. The number of benzene rings is 2. The van der Waals surface area contributed by atoms with Gasteiger partial charge >= 0.3 is 0 Å². The highest BCUT2D eigenvalue weighted by Crippen LogP contribution is 2.44. The number of anilines is 2. The third kappa shape index (κ3) is 3.60. The van der Waals surface area contributed by atoms with Crippen molar-refractivity contribution < 1.29 is 4.74 Å². The lowest BCUT2D eigenvalue weighted by Gasteiger charge is -2.39. The molecule has 0 amide bonds. The van der Waals surface area contributed by atoms with Crippen molar-refractivity contribution in [3.8, 4) is 17.2 Å². The summed E-state index contributed by atoms with van der Waals surface area (Å²) in [6.07, 6.45) is 1.85. The number of halogens is 1. The molecule has 0 aliphatic carbocycles. The number of nitriles is 1. The van der Waals surface area contributed by atoms with Crippen molar-refractivity contribution in [1.29, 1.82) is 5.26 Å². The fourth-order valence-electron chi connectivity index (χ4n) is 5.74. The van der Waals surface area contributed by atoms with E-state index in [9.17, 15) is 5.26 Å². The van der Waals surface area contributed by atoms with Crippen molar-refractivity contribution in [2.75, 3.05) is 36.8 Å². The molecule has 2 saturated heterocycles. The van der Waals surface area contributed by atoms with Crippen molar-refractivity contribution in [2.24, 2.45) is 5.41 Å². The lowest BCUT2D eigenvalue weighted by atomic mass is 9.81. The Bertz CT molecular complexity index is 1320.